The Bertz CT molecular complexity index is 235. The Morgan fingerprint density at radius 2 is 1.81 bits per heavy atom. The third kappa shape index (κ3) is 9.24. The fourth-order valence-electron chi connectivity index (χ4n) is 1.67. The van der Waals surface area contributed by atoms with Crippen molar-refractivity contribution in [3.05, 3.63) is 12.7 Å². The van der Waals surface area contributed by atoms with Crippen molar-refractivity contribution in [2.45, 2.75) is 44.9 Å². The summed E-state index contributed by atoms with van der Waals surface area (Å²) in [5, 5.41) is 17.1. The molecule has 0 aromatic heterocycles. The van der Waals surface area contributed by atoms with Crippen LogP contribution < -0.4 is 0 Å². The SMILES string of the molecule is C=CCC(CCCCCC(=O)O)CC(=O)O. The van der Waals surface area contributed by atoms with Crippen molar-refractivity contribution in [3.63, 3.8) is 0 Å². The van der Waals surface area contributed by atoms with Gasteiger partial charge in [0.05, 0.1) is 0 Å². The van der Waals surface area contributed by atoms with Crippen LogP contribution in [0.4, 0.5) is 0 Å². The fraction of sp³-hybridized carbons (Fsp3) is 0.667. The summed E-state index contributed by atoms with van der Waals surface area (Å²) in [4.78, 5) is 20.8. The molecule has 0 fully saturated rings. The third-order valence-corrected chi connectivity index (χ3v) is 2.47. The maximum Gasteiger partial charge on any atom is 0.303 e. The molecule has 0 heterocycles. The van der Waals surface area contributed by atoms with E-state index in [2.05, 4.69) is 6.58 Å². The molecule has 2 N–H and O–H groups in total. The molecule has 4 nitrogen and oxygen atoms in total. The van der Waals surface area contributed by atoms with Crippen LogP contribution in [0, 0.1) is 5.92 Å². The summed E-state index contributed by atoms with van der Waals surface area (Å²) in [5.41, 5.74) is 0. The van der Waals surface area contributed by atoms with Gasteiger partial charge in [0, 0.05) is 12.8 Å². The Balaban J connectivity index is 3.63. The summed E-state index contributed by atoms with van der Waals surface area (Å²) in [5.74, 6) is -1.41. The van der Waals surface area contributed by atoms with Crippen LogP contribution in [0.25, 0.3) is 0 Å². The zero-order valence-corrected chi connectivity index (χ0v) is 9.52. The molecule has 0 amide bonds. The maximum absolute atomic E-state index is 10.6. The third-order valence-electron chi connectivity index (χ3n) is 2.47. The van der Waals surface area contributed by atoms with Gasteiger partial charge in [-0.2, -0.15) is 0 Å². The van der Waals surface area contributed by atoms with Crippen molar-refractivity contribution in [3.8, 4) is 0 Å². The fourth-order valence-corrected chi connectivity index (χ4v) is 1.67. The Kier molecular flexibility index (Phi) is 8.21. The first-order chi connectivity index (χ1) is 7.56. The highest BCUT2D eigenvalue weighted by atomic mass is 16.4. The minimum Gasteiger partial charge on any atom is -0.481 e. The lowest BCUT2D eigenvalue weighted by Gasteiger charge is -2.11. The Labute approximate surface area is 96.0 Å². The smallest absolute Gasteiger partial charge is 0.303 e. The van der Waals surface area contributed by atoms with Gasteiger partial charge in [0.25, 0.3) is 0 Å². The Hall–Kier alpha value is -1.32. The van der Waals surface area contributed by atoms with E-state index in [1.807, 2.05) is 0 Å². The molecule has 0 aliphatic heterocycles. The van der Waals surface area contributed by atoms with Gasteiger partial charge in [-0.1, -0.05) is 18.9 Å². The van der Waals surface area contributed by atoms with Crippen molar-refractivity contribution >= 4 is 11.9 Å². The molecule has 1 unspecified atom stereocenters. The van der Waals surface area contributed by atoms with Gasteiger partial charge < -0.3 is 10.2 Å². The molecule has 0 spiro atoms. The van der Waals surface area contributed by atoms with E-state index in [0.29, 0.717) is 12.8 Å². The van der Waals surface area contributed by atoms with E-state index in [1.165, 1.54) is 0 Å². The maximum atomic E-state index is 10.6. The minimum absolute atomic E-state index is 0.139. The van der Waals surface area contributed by atoms with Crippen LogP contribution in [0.15, 0.2) is 12.7 Å². The Morgan fingerprint density at radius 1 is 1.12 bits per heavy atom. The predicted molar refractivity (Wildman–Crippen MR) is 61.3 cm³/mol. The minimum atomic E-state index is -0.780. The van der Waals surface area contributed by atoms with Crippen molar-refractivity contribution in [1.29, 1.82) is 0 Å². The van der Waals surface area contributed by atoms with E-state index in [1.54, 1.807) is 6.08 Å². The van der Waals surface area contributed by atoms with E-state index >= 15 is 0 Å². The van der Waals surface area contributed by atoms with Crippen molar-refractivity contribution in [2.24, 2.45) is 5.92 Å². The second-order valence-corrected chi connectivity index (χ2v) is 3.98. The van der Waals surface area contributed by atoms with Crippen molar-refractivity contribution in [1.82, 2.24) is 0 Å². The van der Waals surface area contributed by atoms with Gasteiger partial charge in [-0.25, -0.2) is 0 Å². The van der Waals surface area contributed by atoms with E-state index in [-0.39, 0.29) is 18.8 Å². The monoisotopic (exact) mass is 228 g/mol. The van der Waals surface area contributed by atoms with Crippen LogP contribution in [0.1, 0.15) is 44.9 Å². The van der Waals surface area contributed by atoms with Crippen LogP contribution >= 0.6 is 0 Å². The second-order valence-electron chi connectivity index (χ2n) is 3.98. The van der Waals surface area contributed by atoms with Gasteiger partial charge in [0.1, 0.15) is 0 Å². The number of allylic oxidation sites excluding steroid dienone is 1. The molecule has 1 atom stereocenters. The van der Waals surface area contributed by atoms with E-state index in [4.69, 9.17) is 10.2 Å². The molecule has 0 saturated heterocycles. The average molecular weight is 228 g/mol. The highest BCUT2D eigenvalue weighted by Crippen LogP contribution is 2.18. The van der Waals surface area contributed by atoms with Crippen molar-refractivity contribution < 1.29 is 19.8 Å². The van der Waals surface area contributed by atoms with Crippen LogP contribution in [0.5, 0.6) is 0 Å². The van der Waals surface area contributed by atoms with E-state index in [9.17, 15) is 9.59 Å². The lowest BCUT2D eigenvalue weighted by Crippen LogP contribution is -2.07. The van der Waals surface area contributed by atoms with Crippen molar-refractivity contribution in [2.75, 3.05) is 0 Å². The molecule has 92 valence electrons. The van der Waals surface area contributed by atoms with Gasteiger partial charge in [0.2, 0.25) is 0 Å². The first-order valence-electron chi connectivity index (χ1n) is 5.60. The summed E-state index contributed by atoms with van der Waals surface area (Å²) in [6.07, 6.45) is 6.06. The topological polar surface area (TPSA) is 74.6 Å². The molecule has 0 aliphatic rings. The number of aliphatic carboxylic acids is 2. The molecule has 0 aromatic rings. The van der Waals surface area contributed by atoms with Gasteiger partial charge >= 0.3 is 11.9 Å². The molecule has 0 radical (unpaired) electrons. The summed E-state index contributed by atoms with van der Waals surface area (Å²) in [7, 11) is 0. The lowest BCUT2D eigenvalue weighted by atomic mass is 9.94. The molecular formula is C12H20O4. The highest BCUT2D eigenvalue weighted by molar-refractivity contribution is 5.67. The molecular weight excluding hydrogens is 208 g/mol. The number of hydrogen-bond acceptors (Lipinski definition) is 2. The normalized spacial score (nSPS) is 12.0. The van der Waals surface area contributed by atoms with Crippen LogP contribution in [0.2, 0.25) is 0 Å². The zero-order chi connectivity index (χ0) is 12.4. The number of carbonyl (C=O) groups is 2. The van der Waals surface area contributed by atoms with Crippen LogP contribution in [-0.4, -0.2) is 22.2 Å². The molecule has 4 heteroatoms. The number of carboxylic acids is 2. The van der Waals surface area contributed by atoms with E-state index in [0.717, 1.165) is 19.3 Å². The van der Waals surface area contributed by atoms with Gasteiger partial charge in [-0.3, -0.25) is 9.59 Å². The quantitative estimate of drug-likeness (QED) is 0.445. The van der Waals surface area contributed by atoms with Gasteiger partial charge in [0.15, 0.2) is 0 Å². The van der Waals surface area contributed by atoms with Crippen LogP contribution in [-0.2, 0) is 9.59 Å². The van der Waals surface area contributed by atoms with Gasteiger partial charge in [-0.15, -0.1) is 6.58 Å². The van der Waals surface area contributed by atoms with E-state index < -0.39 is 11.9 Å². The number of hydrogen-bond donors (Lipinski definition) is 2. The van der Waals surface area contributed by atoms with Crippen LogP contribution in [0.3, 0.4) is 0 Å². The lowest BCUT2D eigenvalue weighted by molar-refractivity contribution is -0.138. The second kappa shape index (κ2) is 8.95. The molecule has 0 aromatic carbocycles. The molecule has 0 aliphatic carbocycles. The average Bonchev–Trinajstić information content (AvgIpc) is 2.16. The first kappa shape index (κ1) is 14.7. The first-order valence-corrected chi connectivity index (χ1v) is 5.60. The number of rotatable bonds is 10. The molecule has 0 bridgehead atoms. The summed E-state index contributed by atoms with van der Waals surface area (Å²) in [6, 6.07) is 0. The number of unbranched alkanes of at least 4 members (excludes halogenated alkanes) is 2. The number of carboxylic acid groups (broad SMARTS) is 2. The molecule has 0 saturated carbocycles. The summed E-state index contributed by atoms with van der Waals surface area (Å²) < 4.78 is 0. The van der Waals surface area contributed by atoms with Gasteiger partial charge in [-0.05, 0) is 25.2 Å². The summed E-state index contributed by atoms with van der Waals surface area (Å²) >= 11 is 0. The standard InChI is InChI=1S/C12H20O4/c1-2-6-10(9-12(15)16)7-4-3-5-8-11(13)14/h2,10H,1,3-9H2,(H,13,14)(H,15,16). The zero-order valence-electron chi connectivity index (χ0n) is 9.52. The predicted octanol–water partition coefficient (Wildman–Crippen LogP) is 2.69. The Morgan fingerprint density at radius 3 is 2.31 bits per heavy atom. The molecule has 0 rings (SSSR count). The summed E-state index contributed by atoms with van der Waals surface area (Å²) in [6.45, 7) is 3.60. The molecule has 16 heavy (non-hydrogen) atoms. The highest BCUT2D eigenvalue weighted by Gasteiger charge is 2.11. The largest absolute Gasteiger partial charge is 0.481 e.